The second-order valence-corrected chi connectivity index (χ2v) is 10.0. The third-order valence-electron chi connectivity index (χ3n) is 4.76. The Morgan fingerprint density at radius 1 is 1.19 bits per heavy atom. The van der Waals surface area contributed by atoms with Crippen LogP contribution >= 0.6 is 23.2 Å². The first-order chi connectivity index (χ1) is 14.5. The van der Waals surface area contributed by atoms with Gasteiger partial charge in [0.2, 0.25) is 15.7 Å². The summed E-state index contributed by atoms with van der Waals surface area (Å²) in [6.45, 7) is 4.07. The number of aryl methyl sites for hydroxylation is 1. The van der Waals surface area contributed by atoms with Gasteiger partial charge in [0.1, 0.15) is 17.3 Å². The Morgan fingerprint density at radius 2 is 1.84 bits per heavy atom. The summed E-state index contributed by atoms with van der Waals surface area (Å²) in [5, 5.41) is 5.58. The summed E-state index contributed by atoms with van der Waals surface area (Å²) in [5.41, 5.74) is 0.840. The van der Waals surface area contributed by atoms with Gasteiger partial charge in [-0.05, 0) is 19.8 Å². The van der Waals surface area contributed by atoms with Gasteiger partial charge >= 0.3 is 0 Å². The fourth-order valence-electron chi connectivity index (χ4n) is 3.22. The topological polar surface area (TPSA) is 137 Å². The summed E-state index contributed by atoms with van der Waals surface area (Å²) < 4.78 is 23.9. The number of carbonyl (C=O) groups is 2. The number of aromatic nitrogens is 3. The van der Waals surface area contributed by atoms with Crippen molar-refractivity contribution in [2.45, 2.75) is 37.9 Å². The standard InChI is InChI=1S/C18H22Cl2N6O4S/c1-9-14(19)15(20)16(21-9)17(28)23-11-4-6-26(7-5-11)13-8-12(22-10(2)27)24-18(25-13)31(3,29)30/h8,11,21H,4-7H2,1-3H3,(H,23,28)(H,22,24,25,27). The van der Waals surface area contributed by atoms with E-state index in [0.29, 0.717) is 42.5 Å². The minimum absolute atomic E-state index is 0.103. The number of amides is 2. The van der Waals surface area contributed by atoms with Crippen LogP contribution in [-0.2, 0) is 14.6 Å². The molecule has 3 N–H and O–H groups in total. The Bertz CT molecular complexity index is 1130. The van der Waals surface area contributed by atoms with E-state index in [1.54, 1.807) is 6.92 Å². The summed E-state index contributed by atoms with van der Waals surface area (Å²) in [7, 11) is -3.67. The average Bonchev–Trinajstić information content (AvgIpc) is 2.94. The van der Waals surface area contributed by atoms with Crippen molar-refractivity contribution in [1.29, 1.82) is 0 Å². The van der Waals surface area contributed by atoms with Gasteiger partial charge in [-0.2, -0.15) is 0 Å². The van der Waals surface area contributed by atoms with E-state index in [-0.39, 0.29) is 39.5 Å². The molecule has 10 nitrogen and oxygen atoms in total. The number of hydrogen-bond acceptors (Lipinski definition) is 7. The number of hydrogen-bond donors (Lipinski definition) is 3. The zero-order valence-corrected chi connectivity index (χ0v) is 19.5. The summed E-state index contributed by atoms with van der Waals surface area (Å²) in [4.78, 5) is 36.7. The maximum atomic E-state index is 12.5. The maximum absolute atomic E-state index is 12.5. The van der Waals surface area contributed by atoms with Crippen molar-refractivity contribution in [3.05, 3.63) is 27.5 Å². The Morgan fingerprint density at radius 3 is 2.35 bits per heavy atom. The van der Waals surface area contributed by atoms with Crippen molar-refractivity contribution in [3.8, 4) is 0 Å². The molecule has 2 aromatic heterocycles. The molecule has 0 saturated carbocycles. The fourth-order valence-corrected chi connectivity index (χ4v) is 4.16. The molecule has 2 amide bonds. The Hall–Kier alpha value is -2.37. The summed E-state index contributed by atoms with van der Waals surface area (Å²) in [6, 6.07) is 1.42. The molecule has 13 heteroatoms. The Labute approximate surface area is 189 Å². The molecule has 0 radical (unpaired) electrons. The zero-order valence-electron chi connectivity index (χ0n) is 17.1. The number of carbonyl (C=O) groups excluding carboxylic acids is 2. The van der Waals surface area contributed by atoms with Crippen LogP contribution in [-0.4, -0.2) is 60.6 Å². The Kier molecular flexibility index (Phi) is 6.77. The van der Waals surface area contributed by atoms with Crippen molar-refractivity contribution in [2.75, 3.05) is 29.6 Å². The largest absolute Gasteiger partial charge is 0.356 e. The number of nitrogens with zero attached hydrogens (tertiary/aromatic N) is 3. The fraction of sp³-hybridized carbons (Fsp3) is 0.444. The zero-order chi connectivity index (χ0) is 22.9. The highest BCUT2D eigenvalue weighted by atomic mass is 35.5. The van der Waals surface area contributed by atoms with E-state index < -0.39 is 9.84 Å². The lowest BCUT2D eigenvalue weighted by Gasteiger charge is -2.33. The number of piperidine rings is 1. The van der Waals surface area contributed by atoms with Crippen LogP contribution in [0.3, 0.4) is 0 Å². The van der Waals surface area contributed by atoms with E-state index in [0.717, 1.165) is 6.26 Å². The van der Waals surface area contributed by atoms with Gasteiger partial charge in [-0.1, -0.05) is 23.2 Å². The number of anilines is 2. The van der Waals surface area contributed by atoms with Gasteiger partial charge in [0.25, 0.3) is 11.1 Å². The second-order valence-electron chi connectivity index (χ2n) is 7.34. The SMILES string of the molecule is CC(=O)Nc1cc(N2CCC(NC(=O)c3[nH]c(C)c(Cl)c3Cl)CC2)nc(S(C)(=O)=O)n1. The van der Waals surface area contributed by atoms with Crippen LogP contribution in [0.4, 0.5) is 11.6 Å². The molecular formula is C18H22Cl2N6O4S. The van der Waals surface area contributed by atoms with Gasteiger partial charge < -0.3 is 20.5 Å². The first-order valence-corrected chi connectivity index (χ1v) is 12.1. The minimum atomic E-state index is -3.67. The highest BCUT2D eigenvalue weighted by molar-refractivity contribution is 7.90. The summed E-state index contributed by atoms with van der Waals surface area (Å²) in [6.07, 6.45) is 2.21. The van der Waals surface area contributed by atoms with Crippen molar-refractivity contribution in [3.63, 3.8) is 0 Å². The molecule has 3 heterocycles. The third kappa shape index (κ3) is 5.46. The van der Waals surface area contributed by atoms with Crippen molar-refractivity contribution in [1.82, 2.24) is 20.3 Å². The van der Waals surface area contributed by atoms with Gasteiger partial charge in [-0.3, -0.25) is 9.59 Å². The average molecular weight is 489 g/mol. The number of sulfone groups is 1. The number of aromatic amines is 1. The smallest absolute Gasteiger partial charge is 0.269 e. The van der Waals surface area contributed by atoms with Gasteiger partial charge in [-0.15, -0.1) is 0 Å². The maximum Gasteiger partial charge on any atom is 0.269 e. The molecule has 2 aromatic rings. The van der Waals surface area contributed by atoms with Gasteiger partial charge in [0.05, 0.1) is 10.0 Å². The van der Waals surface area contributed by atoms with Gasteiger partial charge in [0.15, 0.2) is 0 Å². The summed E-state index contributed by atoms with van der Waals surface area (Å²) >= 11 is 12.1. The quantitative estimate of drug-likeness (QED) is 0.548. The van der Waals surface area contributed by atoms with Crippen LogP contribution < -0.4 is 15.5 Å². The number of H-pyrrole nitrogens is 1. The molecular weight excluding hydrogens is 467 g/mol. The number of rotatable bonds is 5. The first kappa shape index (κ1) is 23.3. The third-order valence-corrected chi connectivity index (χ3v) is 6.56. The minimum Gasteiger partial charge on any atom is -0.356 e. The van der Waals surface area contributed by atoms with Crippen LogP contribution in [0.5, 0.6) is 0 Å². The predicted octanol–water partition coefficient (Wildman–Crippen LogP) is 2.18. The monoisotopic (exact) mass is 488 g/mol. The lowest BCUT2D eigenvalue weighted by Crippen LogP contribution is -2.45. The molecule has 31 heavy (non-hydrogen) atoms. The lowest BCUT2D eigenvalue weighted by molar-refractivity contribution is -0.114. The first-order valence-electron chi connectivity index (χ1n) is 9.41. The highest BCUT2D eigenvalue weighted by Gasteiger charge is 2.26. The molecule has 1 fully saturated rings. The molecule has 168 valence electrons. The molecule has 0 unspecified atom stereocenters. The Balaban J connectivity index is 1.70. The molecule has 0 aliphatic carbocycles. The van der Waals surface area contributed by atoms with Crippen molar-refractivity contribution >= 4 is 56.5 Å². The van der Waals surface area contributed by atoms with E-state index in [4.69, 9.17) is 23.2 Å². The van der Waals surface area contributed by atoms with E-state index >= 15 is 0 Å². The van der Waals surface area contributed by atoms with E-state index in [9.17, 15) is 18.0 Å². The van der Waals surface area contributed by atoms with Crippen LogP contribution in [0.25, 0.3) is 0 Å². The van der Waals surface area contributed by atoms with E-state index in [1.165, 1.54) is 13.0 Å². The number of halogens is 2. The highest BCUT2D eigenvalue weighted by Crippen LogP contribution is 2.29. The second kappa shape index (κ2) is 9.01. The van der Waals surface area contributed by atoms with Crippen LogP contribution in [0.1, 0.15) is 35.9 Å². The van der Waals surface area contributed by atoms with Crippen LogP contribution in [0, 0.1) is 6.92 Å². The summed E-state index contributed by atoms with van der Waals surface area (Å²) in [5.74, 6) is -0.211. The molecule has 0 atom stereocenters. The van der Waals surface area contributed by atoms with Gasteiger partial charge in [0, 0.05) is 44.1 Å². The van der Waals surface area contributed by atoms with E-state index in [1.807, 2.05) is 4.90 Å². The normalized spacial score (nSPS) is 15.1. The van der Waals surface area contributed by atoms with E-state index in [2.05, 4.69) is 25.6 Å². The molecule has 1 aliphatic rings. The van der Waals surface area contributed by atoms with Crippen molar-refractivity contribution < 1.29 is 18.0 Å². The molecule has 1 saturated heterocycles. The molecule has 1 aliphatic heterocycles. The predicted molar refractivity (Wildman–Crippen MR) is 118 cm³/mol. The lowest BCUT2D eigenvalue weighted by atomic mass is 10.0. The van der Waals surface area contributed by atoms with Crippen LogP contribution in [0.15, 0.2) is 11.2 Å². The van der Waals surface area contributed by atoms with Crippen molar-refractivity contribution in [2.24, 2.45) is 0 Å². The molecule has 0 bridgehead atoms. The molecule has 0 aromatic carbocycles. The van der Waals surface area contributed by atoms with Gasteiger partial charge in [-0.25, -0.2) is 18.4 Å². The molecule has 3 rings (SSSR count). The molecule has 0 spiro atoms. The van der Waals surface area contributed by atoms with Crippen LogP contribution in [0.2, 0.25) is 10.0 Å². The number of nitrogens with one attached hydrogen (secondary N) is 3.